The van der Waals surface area contributed by atoms with E-state index < -0.39 is 12.4 Å². The number of nitrogens with one attached hydrogen (secondary N) is 2. The molecule has 1 heterocycles. The minimum atomic E-state index is -4.39. The fourth-order valence-electron chi connectivity index (χ4n) is 2.30. The van der Waals surface area contributed by atoms with Crippen LogP contribution in [0.1, 0.15) is 80.6 Å². The Morgan fingerprint density at radius 3 is 1.93 bits per heavy atom. The van der Waals surface area contributed by atoms with E-state index in [-0.39, 0.29) is 23.5 Å². The van der Waals surface area contributed by atoms with Crippen LogP contribution < -0.4 is 10.7 Å². The van der Waals surface area contributed by atoms with Gasteiger partial charge in [0.25, 0.3) is 6.23 Å². The third-order valence-electron chi connectivity index (χ3n) is 3.39. The highest BCUT2D eigenvalue weighted by atomic mass is 19.4. The first-order valence-corrected chi connectivity index (χ1v) is 10.00. The smallest absolute Gasteiger partial charge is 0.444 e. The van der Waals surface area contributed by atoms with Gasteiger partial charge in [0, 0.05) is 13.0 Å². The molecule has 1 fully saturated rings. The molecule has 0 aromatic heterocycles. The zero-order valence-electron chi connectivity index (χ0n) is 18.5. The topological polar surface area (TPSA) is 72.0 Å². The summed E-state index contributed by atoms with van der Waals surface area (Å²) in [5.41, 5.74) is 1.60. The zero-order valence-corrected chi connectivity index (χ0v) is 18.5. The average molecular weight is 414 g/mol. The monoisotopic (exact) mass is 413 g/mol. The van der Waals surface area contributed by atoms with Crippen molar-refractivity contribution < 1.29 is 27.4 Å². The molecule has 168 valence electrons. The van der Waals surface area contributed by atoms with Crippen LogP contribution in [0.2, 0.25) is 0 Å². The van der Waals surface area contributed by atoms with Gasteiger partial charge in [-0.2, -0.15) is 13.2 Å². The Kier molecular flexibility index (Phi) is 14.6. The lowest BCUT2D eigenvalue weighted by atomic mass is 9.89. The van der Waals surface area contributed by atoms with Crippen molar-refractivity contribution in [2.24, 2.45) is 11.0 Å². The molecule has 2 N–H and O–H groups in total. The molecule has 0 bridgehead atoms. The van der Waals surface area contributed by atoms with Crippen LogP contribution in [-0.2, 0) is 9.47 Å². The van der Waals surface area contributed by atoms with Gasteiger partial charge in [0.15, 0.2) is 0 Å². The largest absolute Gasteiger partial charge is 0.446 e. The van der Waals surface area contributed by atoms with Gasteiger partial charge in [-0.25, -0.2) is 4.79 Å². The van der Waals surface area contributed by atoms with Crippen LogP contribution in [0.25, 0.3) is 0 Å². The number of alkyl halides is 3. The van der Waals surface area contributed by atoms with Crippen molar-refractivity contribution in [1.29, 1.82) is 0 Å². The van der Waals surface area contributed by atoms with Crippen LogP contribution in [0, 0.1) is 5.92 Å². The van der Waals surface area contributed by atoms with E-state index in [0.717, 1.165) is 32.1 Å². The molecule has 2 aliphatic rings. The Balaban J connectivity index is 0. The van der Waals surface area contributed by atoms with Crippen LogP contribution in [0.4, 0.5) is 18.0 Å². The van der Waals surface area contributed by atoms with E-state index in [9.17, 15) is 18.0 Å². The predicted molar refractivity (Wildman–Crippen MR) is 106 cm³/mol. The first-order valence-electron chi connectivity index (χ1n) is 10.00. The zero-order chi connectivity index (χ0) is 22.4. The fourth-order valence-corrected chi connectivity index (χ4v) is 2.30. The van der Waals surface area contributed by atoms with Gasteiger partial charge >= 0.3 is 12.3 Å². The normalized spacial score (nSPS) is 19.0. The Bertz CT molecular complexity index is 444. The molecular formula is C19H38F3N3O3. The lowest BCUT2D eigenvalue weighted by molar-refractivity contribution is -0.202. The van der Waals surface area contributed by atoms with E-state index in [1.54, 1.807) is 0 Å². The molecule has 0 spiro atoms. The van der Waals surface area contributed by atoms with Gasteiger partial charge in [-0.3, -0.25) is 5.43 Å². The molecule has 1 aliphatic heterocycles. The summed E-state index contributed by atoms with van der Waals surface area (Å²) in [6.45, 7) is 13.5. The van der Waals surface area contributed by atoms with Gasteiger partial charge in [0.2, 0.25) is 5.90 Å². The lowest BCUT2D eigenvalue weighted by Crippen LogP contribution is -2.38. The SMILES string of the molecule is CC.CC.CNC(=O)OC(C)(C)C.FC(F)(F)C1NN=C(C2CCCCC2)O1. The molecule has 0 aromatic carbocycles. The number of ether oxygens (including phenoxy) is 2. The minimum absolute atomic E-state index is 0.0681. The van der Waals surface area contributed by atoms with Gasteiger partial charge < -0.3 is 14.8 Å². The number of nitrogens with zero attached hydrogens (tertiary/aromatic N) is 1. The van der Waals surface area contributed by atoms with Crippen LogP contribution in [0.5, 0.6) is 0 Å². The molecule has 2 rings (SSSR count). The molecule has 1 aliphatic carbocycles. The lowest BCUT2D eigenvalue weighted by Gasteiger charge is -2.21. The highest BCUT2D eigenvalue weighted by Crippen LogP contribution is 2.30. The first kappa shape index (κ1) is 28.5. The van der Waals surface area contributed by atoms with E-state index in [4.69, 9.17) is 9.47 Å². The van der Waals surface area contributed by atoms with Crippen molar-refractivity contribution >= 4 is 12.0 Å². The Morgan fingerprint density at radius 1 is 1.11 bits per heavy atom. The van der Waals surface area contributed by atoms with Gasteiger partial charge in [-0.1, -0.05) is 47.0 Å². The van der Waals surface area contributed by atoms with Crippen molar-refractivity contribution in [3.05, 3.63) is 0 Å². The predicted octanol–water partition coefficient (Wildman–Crippen LogP) is 5.58. The van der Waals surface area contributed by atoms with Crippen molar-refractivity contribution in [3.63, 3.8) is 0 Å². The highest BCUT2D eigenvalue weighted by Gasteiger charge is 2.46. The van der Waals surface area contributed by atoms with E-state index >= 15 is 0 Å². The number of carbonyl (C=O) groups excluding carboxylic acids is 1. The van der Waals surface area contributed by atoms with E-state index in [1.165, 1.54) is 7.05 Å². The molecule has 0 aromatic rings. The number of hydrogen-bond donors (Lipinski definition) is 2. The molecule has 6 nitrogen and oxygen atoms in total. The second-order valence-electron chi connectivity index (χ2n) is 6.71. The summed E-state index contributed by atoms with van der Waals surface area (Å²) in [5.74, 6) is 0.302. The summed E-state index contributed by atoms with van der Waals surface area (Å²) < 4.78 is 46.3. The maximum Gasteiger partial charge on any atom is 0.446 e. The number of halogens is 3. The van der Waals surface area contributed by atoms with Crippen molar-refractivity contribution in [2.45, 2.75) is 98.6 Å². The third-order valence-corrected chi connectivity index (χ3v) is 3.39. The molecule has 1 unspecified atom stereocenters. The minimum Gasteiger partial charge on any atom is -0.444 e. The summed E-state index contributed by atoms with van der Waals surface area (Å²) in [7, 11) is 1.54. The molecular weight excluding hydrogens is 375 g/mol. The van der Waals surface area contributed by atoms with Crippen LogP contribution >= 0.6 is 0 Å². The Hall–Kier alpha value is -1.67. The Morgan fingerprint density at radius 2 is 1.61 bits per heavy atom. The summed E-state index contributed by atoms with van der Waals surface area (Å²) in [6.07, 6.45) is -1.72. The molecule has 9 heteroatoms. The number of hydrazone groups is 1. The number of amides is 1. The second kappa shape index (κ2) is 14.3. The molecule has 0 saturated heterocycles. The van der Waals surface area contributed by atoms with Crippen molar-refractivity contribution in [1.82, 2.24) is 10.7 Å². The quantitative estimate of drug-likeness (QED) is 0.588. The van der Waals surface area contributed by atoms with Crippen LogP contribution in [-0.4, -0.2) is 37.0 Å². The molecule has 1 amide bonds. The number of rotatable bonds is 1. The summed E-state index contributed by atoms with van der Waals surface area (Å²) in [5, 5.41) is 5.99. The fraction of sp³-hybridized carbons (Fsp3) is 0.895. The Labute approximate surface area is 167 Å². The standard InChI is InChI=1S/C9H13F3N2O.C6H13NO2.2C2H6/c10-9(11,12)8-14-13-7(15-8)6-4-2-1-3-5-6;1-6(2,3)9-5(8)7-4;2*1-2/h6,8,14H,1-5H2;1-4H3,(H,7,8);2*1-2H3. The molecule has 1 saturated carbocycles. The van der Waals surface area contributed by atoms with Gasteiger partial charge in [0.1, 0.15) is 5.60 Å². The van der Waals surface area contributed by atoms with E-state index in [2.05, 4.69) is 10.4 Å². The maximum atomic E-state index is 12.2. The van der Waals surface area contributed by atoms with Crippen molar-refractivity contribution in [3.8, 4) is 0 Å². The first-order chi connectivity index (χ1) is 13.0. The summed E-state index contributed by atoms with van der Waals surface area (Å²) in [4.78, 5) is 10.5. The number of alkyl carbamates (subject to hydrolysis) is 1. The van der Waals surface area contributed by atoms with Crippen LogP contribution in [0.3, 0.4) is 0 Å². The molecule has 28 heavy (non-hydrogen) atoms. The van der Waals surface area contributed by atoms with Gasteiger partial charge in [-0.15, -0.1) is 5.10 Å². The highest BCUT2D eigenvalue weighted by molar-refractivity contribution is 5.79. The number of carbonyl (C=O) groups is 1. The van der Waals surface area contributed by atoms with Crippen LogP contribution in [0.15, 0.2) is 5.10 Å². The van der Waals surface area contributed by atoms with E-state index in [0.29, 0.717) is 0 Å². The average Bonchev–Trinajstić information content (AvgIpc) is 3.16. The molecule has 0 radical (unpaired) electrons. The maximum absolute atomic E-state index is 12.2. The number of hydrogen-bond acceptors (Lipinski definition) is 5. The van der Waals surface area contributed by atoms with Crippen molar-refractivity contribution in [2.75, 3.05) is 7.05 Å². The summed E-state index contributed by atoms with van der Waals surface area (Å²) >= 11 is 0. The molecule has 1 atom stereocenters. The van der Waals surface area contributed by atoms with Gasteiger partial charge in [0.05, 0.1) is 0 Å². The van der Waals surface area contributed by atoms with Gasteiger partial charge in [-0.05, 0) is 33.6 Å². The summed E-state index contributed by atoms with van der Waals surface area (Å²) in [6, 6.07) is 0. The second-order valence-corrected chi connectivity index (χ2v) is 6.71. The third kappa shape index (κ3) is 12.7. The van der Waals surface area contributed by atoms with E-state index in [1.807, 2.05) is 53.9 Å².